The summed E-state index contributed by atoms with van der Waals surface area (Å²) in [4.78, 5) is 37.5. The van der Waals surface area contributed by atoms with Gasteiger partial charge in [-0.2, -0.15) is 0 Å². The number of ether oxygens (including phenoxy) is 3. The summed E-state index contributed by atoms with van der Waals surface area (Å²) in [5.74, 6) is 0.798. The van der Waals surface area contributed by atoms with Gasteiger partial charge in [-0.3, -0.25) is 14.4 Å². The summed E-state index contributed by atoms with van der Waals surface area (Å²) in [6.45, 7) is 11.3. The molecule has 0 spiro atoms. The van der Waals surface area contributed by atoms with Crippen LogP contribution in [-0.4, -0.2) is 37.2 Å². The predicted octanol–water partition coefficient (Wildman–Crippen LogP) is 15.0. The third-order valence-electron chi connectivity index (χ3n) is 10.7. The molecule has 0 aliphatic heterocycles. The highest BCUT2D eigenvalue weighted by molar-refractivity contribution is 5.71. The van der Waals surface area contributed by atoms with Crippen LogP contribution >= 0.6 is 0 Å². The van der Waals surface area contributed by atoms with Gasteiger partial charge < -0.3 is 14.2 Å². The average molecular weight is 765 g/mol. The van der Waals surface area contributed by atoms with E-state index in [1.54, 1.807) is 0 Å². The molecule has 0 aliphatic rings. The van der Waals surface area contributed by atoms with Crippen LogP contribution < -0.4 is 0 Å². The summed E-state index contributed by atoms with van der Waals surface area (Å²) in [7, 11) is 0. The van der Waals surface area contributed by atoms with Gasteiger partial charge in [0.2, 0.25) is 0 Å². The second-order valence-electron chi connectivity index (χ2n) is 17.3. The predicted molar refractivity (Wildman–Crippen MR) is 229 cm³/mol. The van der Waals surface area contributed by atoms with Crippen molar-refractivity contribution in [3.63, 3.8) is 0 Å². The summed E-state index contributed by atoms with van der Waals surface area (Å²) < 4.78 is 16.6. The molecule has 0 bridgehead atoms. The maximum absolute atomic E-state index is 12.7. The van der Waals surface area contributed by atoms with Gasteiger partial charge in [0.05, 0.1) is 0 Å². The minimum absolute atomic E-state index is 0.0655. The lowest BCUT2D eigenvalue weighted by molar-refractivity contribution is -0.167. The largest absolute Gasteiger partial charge is 0.462 e. The number of hydrogen-bond acceptors (Lipinski definition) is 6. The second-order valence-corrected chi connectivity index (χ2v) is 17.3. The zero-order valence-corrected chi connectivity index (χ0v) is 36.8. The number of hydrogen-bond donors (Lipinski definition) is 0. The van der Waals surface area contributed by atoms with Gasteiger partial charge in [-0.1, -0.05) is 221 Å². The molecular formula is C48H92O6. The van der Waals surface area contributed by atoms with Gasteiger partial charge in [0.15, 0.2) is 6.10 Å². The van der Waals surface area contributed by atoms with Crippen LogP contribution in [0.4, 0.5) is 0 Å². The van der Waals surface area contributed by atoms with Gasteiger partial charge in [-0.25, -0.2) is 0 Å². The molecule has 6 heteroatoms. The number of rotatable bonds is 42. The molecule has 0 aromatic carbocycles. The third kappa shape index (κ3) is 41.6. The highest BCUT2D eigenvalue weighted by Crippen LogP contribution is 2.17. The molecular weight excluding hydrogens is 673 g/mol. The van der Waals surface area contributed by atoms with E-state index < -0.39 is 6.10 Å². The molecule has 0 radical (unpaired) electrons. The topological polar surface area (TPSA) is 78.9 Å². The van der Waals surface area contributed by atoms with Crippen molar-refractivity contribution in [1.82, 2.24) is 0 Å². The van der Waals surface area contributed by atoms with E-state index in [0.717, 1.165) is 76.0 Å². The zero-order valence-electron chi connectivity index (χ0n) is 36.8. The van der Waals surface area contributed by atoms with Gasteiger partial charge in [-0.05, 0) is 31.1 Å². The molecule has 0 amide bonds. The van der Waals surface area contributed by atoms with Crippen molar-refractivity contribution in [2.24, 2.45) is 11.8 Å². The minimum atomic E-state index is -0.759. The Balaban J connectivity index is 4.14. The van der Waals surface area contributed by atoms with Crippen LogP contribution in [0.5, 0.6) is 0 Å². The molecule has 0 heterocycles. The Kier molecular flexibility index (Phi) is 39.8. The second kappa shape index (κ2) is 41.1. The van der Waals surface area contributed by atoms with Crippen LogP contribution in [-0.2, 0) is 28.6 Å². The fourth-order valence-corrected chi connectivity index (χ4v) is 7.11. The van der Waals surface area contributed by atoms with E-state index in [9.17, 15) is 14.4 Å². The van der Waals surface area contributed by atoms with Gasteiger partial charge in [-0.15, -0.1) is 0 Å². The first-order valence-corrected chi connectivity index (χ1v) is 23.7. The summed E-state index contributed by atoms with van der Waals surface area (Å²) >= 11 is 0. The van der Waals surface area contributed by atoms with E-state index in [-0.39, 0.29) is 31.1 Å². The van der Waals surface area contributed by atoms with Gasteiger partial charge >= 0.3 is 17.9 Å². The smallest absolute Gasteiger partial charge is 0.306 e. The average Bonchev–Trinajstić information content (AvgIpc) is 3.14. The number of esters is 3. The Hall–Kier alpha value is -1.59. The molecule has 1 atom stereocenters. The van der Waals surface area contributed by atoms with Crippen LogP contribution in [0.3, 0.4) is 0 Å². The highest BCUT2D eigenvalue weighted by Gasteiger charge is 2.19. The zero-order chi connectivity index (χ0) is 39.7. The SMILES string of the molecule is CCCCCCCC(=O)OC[C@H](COC(=O)CCCCCCCCCCCCC(C)C)OC(=O)CCCCCCCCCCCCCCCCCC(C)C. The van der Waals surface area contributed by atoms with E-state index in [4.69, 9.17) is 14.2 Å². The van der Waals surface area contributed by atoms with E-state index >= 15 is 0 Å². The van der Waals surface area contributed by atoms with E-state index in [0.29, 0.717) is 19.3 Å². The molecule has 0 aliphatic carbocycles. The first-order valence-electron chi connectivity index (χ1n) is 23.7. The number of carbonyl (C=O) groups is 3. The van der Waals surface area contributed by atoms with Crippen molar-refractivity contribution < 1.29 is 28.6 Å². The normalized spacial score (nSPS) is 12.1. The maximum Gasteiger partial charge on any atom is 0.306 e. The van der Waals surface area contributed by atoms with Crippen molar-refractivity contribution in [2.75, 3.05) is 13.2 Å². The quantitative estimate of drug-likeness (QED) is 0.0350. The Morgan fingerprint density at radius 3 is 0.907 bits per heavy atom. The Labute approximate surface area is 336 Å². The first-order chi connectivity index (χ1) is 26.2. The number of unbranched alkanes of at least 4 members (excludes halogenated alkanes) is 27. The fraction of sp³-hybridized carbons (Fsp3) is 0.938. The molecule has 6 nitrogen and oxygen atoms in total. The molecule has 0 saturated heterocycles. The van der Waals surface area contributed by atoms with Crippen LogP contribution in [0.2, 0.25) is 0 Å². The molecule has 0 fully saturated rings. The van der Waals surface area contributed by atoms with E-state index in [1.165, 1.54) is 141 Å². The fourth-order valence-electron chi connectivity index (χ4n) is 7.11. The molecule has 0 aromatic heterocycles. The van der Waals surface area contributed by atoms with Crippen molar-refractivity contribution in [3.8, 4) is 0 Å². The van der Waals surface area contributed by atoms with Gasteiger partial charge in [0, 0.05) is 19.3 Å². The third-order valence-corrected chi connectivity index (χ3v) is 10.7. The number of carbonyl (C=O) groups excluding carboxylic acids is 3. The van der Waals surface area contributed by atoms with Gasteiger partial charge in [0.1, 0.15) is 13.2 Å². The van der Waals surface area contributed by atoms with Gasteiger partial charge in [0.25, 0.3) is 0 Å². The Morgan fingerprint density at radius 2 is 0.611 bits per heavy atom. The Morgan fingerprint density at radius 1 is 0.352 bits per heavy atom. The molecule has 0 saturated carbocycles. The summed E-state index contributed by atoms with van der Waals surface area (Å²) in [6.07, 6.45) is 39.8. The summed E-state index contributed by atoms with van der Waals surface area (Å²) in [6, 6.07) is 0. The van der Waals surface area contributed by atoms with Crippen LogP contribution in [0.15, 0.2) is 0 Å². The summed E-state index contributed by atoms with van der Waals surface area (Å²) in [5.41, 5.74) is 0. The molecule has 0 N–H and O–H groups in total. The van der Waals surface area contributed by atoms with Crippen molar-refractivity contribution in [1.29, 1.82) is 0 Å². The highest BCUT2D eigenvalue weighted by atomic mass is 16.6. The lowest BCUT2D eigenvalue weighted by atomic mass is 10.0. The lowest BCUT2D eigenvalue weighted by Gasteiger charge is -2.18. The molecule has 0 aromatic rings. The van der Waals surface area contributed by atoms with E-state index in [1.807, 2.05) is 0 Å². The van der Waals surface area contributed by atoms with Crippen molar-refractivity contribution in [2.45, 2.75) is 265 Å². The minimum Gasteiger partial charge on any atom is -0.462 e. The molecule has 0 rings (SSSR count). The van der Waals surface area contributed by atoms with Crippen molar-refractivity contribution >= 4 is 17.9 Å². The lowest BCUT2D eigenvalue weighted by Crippen LogP contribution is -2.30. The van der Waals surface area contributed by atoms with Crippen LogP contribution in [0.1, 0.15) is 259 Å². The Bertz CT molecular complexity index is 824. The molecule has 320 valence electrons. The van der Waals surface area contributed by atoms with E-state index in [2.05, 4.69) is 34.6 Å². The van der Waals surface area contributed by atoms with Crippen molar-refractivity contribution in [3.05, 3.63) is 0 Å². The van der Waals surface area contributed by atoms with Crippen LogP contribution in [0, 0.1) is 11.8 Å². The monoisotopic (exact) mass is 765 g/mol. The molecule has 54 heavy (non-hydrogen) atoms. The summed E-state index contributed by atoms with van der Waals surface area (Å²) in [5, 5.41) is 0. The molecule has 0 unspecified atom stereocenters. The maximum atomic E-state index is 12.7. The van der Waals surface area contributed by atoms with Crippen LogP contribution in [0.25, 0.3) is 0 Å². The standard InChI is InChI=1S/C48H92O6/c1-6-7-8-26-33-38-46(49)52-41-45(42-53-47(50)39-34-29-24-20-17-16-19-23-28-32-37-44(4)5)54-48(51)40-35-30-25-21-15-13-11-9-10-12-14-18-22-27-31-36-43(2)3/h43-45H,6-42H2,1-5H3/t45-/m1/s1. The first kappa shape index (κ1) is 52.4.